The second-order valence-corrected chi connectivity index (χ2v) is 4.60. The molecule has 0 bridgehead atoms. The molecule has 0 fully saturated rings. The Hall–Kier alpha value is -1.78. The first-order chi connectivity index (χ1) is 9.17. The smallest absolute Gasteiger partial charge is 0.172 e. The fourth-order valence-corrected chi connectivity index (χ4v) is 2.16. The molecule has 0 atom stereocenters. The summed E-state index contributed by atoms with van der Waals surface area (Å²) in [6, 6.07) is 1.78. The first-order valence-electron chi connectivity index (χ1n) is 6.84. The summed E-state index contributed by atoms with van der Waals surface area (Å²) in [5.74, 6) is 0.765. The molecule has 0 unspecified atom stereocenters. The molecule has 3 N–H and O–H groups in total. The fraction of sp³-hybridized carbons (Fsp3) is 0.571. The van der Waals surface area contributed by atoms with E-state index in [-0.39, 0.29) is 5.84 Å². The number of oxime groups is 1. The zero-order chi connectivity index (χ0) is 14.3. The summed E-state index contributed by atoms with van der Waals surface area (Å²) in [6.07, 6.45) is 5.72. The fourth-order valence-electron chi connectivity index (χ4n) is 2.16. The van der Waals surface area contributed by atoms with Gasteiger partial charge in [0.25, 0.3) is 0 Å². The monoisotopic (exact) mass is 264 g/mol. The van der Waals surface area contributed by atoms with Gasteiger partial charge < -0.3 is 15.8 Å². The second-order valence-electron chi connectivity index (χ2n) is 4.60. The van der Waals surface area contributed by atoms with Crippen LogP contribution in [-0.4, -0.2) is 29.1 Å². The first kappa shape index (κ1) is 15.3. The van der Waals surface area contributed by atoms with E-state index in [4.69, 9.17) is 10.9 Å². The number of aromatic nitrogens is 1. The normalized spacial score (nSPS) is 11.9. The van der Waals surface area contributed by atoms with E-state index in [9.17, 15) is 0 Å². The summed E-state index contributed by atoms with van der Waals surface area (Å²) >= 11 is 0. The quantitative estimate of drug-likeness (QED) is 0.343. The van der Waals surface area contributed by atoms with Crippen molar-refractivity contribution in [3.8, 4) is 0 Å². The molecular formula is C14H24N4O. The molecule has 0 saturated heterocycles. The first-order valence-corrected chi connectivity index (χ1v) is 6.84. The summed E-state index contributed by atoms with van der Waals surface area (Å²) in [7, 11) is 0. The molecule has 5 heteroatoms. The van der Waals surface area contributed by atoms with Crippen molar-refractivity contribution in [1.82, 2.24) is 4.98 Å². The molecular weight excluding hydrogens is 240 g/mol. The number of rotatable bonds is 7. The predicted octanol–water partition coefficient (Wildman–Crippen LogP) is 2.44. The molecule has 1 aromatic heterocycles. The van der Waals surface area contributed by atoms with Crippen LogP contribution in [0, 0.1) is 5.92 Å². The molecule has 0 aliphatic carbocycles. The van der Waals surface area contributed by atoms with Gasteiger partial charge in [-0.1, -0.05) is 31.8 Å². The maximum atomic E-state index is 8.87. The van der Waals surface area contributed by atoms with Crippen LogP contribution in [0.4, 0.5) is 5.69 Å². The predicted molar refractivity (Wildman–Crippen MR) is 78.7 cm³/mol. The van der Waals surface area contributed by atoms with Gasteiger partial charge >= 0.3 is 0 Å². The SMILES string of the molecule is CCC(CC)CN(CC)c1cnccc1/C(N)=N/O. The molecule has 1 aromatic rings. The van der Waals surface area contributed by atoms with Crippen LogP contribution in [0.1, 0.15) is 39.2 Å². The molecule has 106 valence electrons. The zero-order valence-corrected chi connectivity index (χ0v) is 12.0. The minimum Gasteiger partial charge on any atom is -0.409 e. The Bertz CT molecular complexity index is 416. The Labute approximate surface area is 115 Å². The molecule has 0 spiro atoms. The second kappa shape index (κ2) is 7.61. The van der Waals surface area contributed by atoms with Gasteiger partial charge in [-0.2, -0.15) is 0 Å². The third kappa shape index (κ3) is 3.84. The van der Waals surface area contributed by atoms with E-state index in [0.29, 0.717) is 5.92 Å². The Morgan fingerprint density at radius 1 is 1.42 bits per heavy atom. The Morgan fingerprint density at radius 2 is 2.11 bits per heavy atom. The number of nitrogens with two attached hydrogens (primary N) is 1. The van der Waals surface area contributed by atoms with Crippen molar-refractivity contribution in [2.45, 2.75) is 33.6 Å². The van der Waals surface area contributed by atoms with E-state index >= 15 is 0 Å². The van der Waals surface area contributed by atoms with Gasteiger partial charge in [0.05, 0.1) is 11.9 Å². The van der Waals surface area contributed by atoms with Gasteiger partial charge in [-0.05, 0) is 18.9 Å². The molecule has 0 radical (unpaired) electrons. The summed E-state index contributed by atoms with van der Waals surface area (Å²) < 4.78 is 0. The number of amidine groups is 1. The maximum absolute atomic E-state index is 8.87. The highest BCUT2D eigenvalue weighted by atomic mass is 16.4. The standard InChI is InChI=1S/C14H24N4O/c1-4-11(5-2)10-18(6-3)13-9-16-8-7-12(13)14(15)17-19/h7-9,11,19H,4-6,10H2,1-3H3,(H2,15,17). The van der Waals surface area contributed by atoms with Crippen molar-refractivity contribution in [3.63, 3.8) is 0 Å². The molecule has 0 aliphatic rings. The Balaban J connectivity index is 3.04. The van der Waals surface area contributed by atoms with E-state index in [1.807, 2.05) is 0 Å². The highest BCUT2D eigenvalue weighted by Gasteiger charge is 2.16. The number of hydrogen-bond donors (Lipinski definition) is 2. The van der Waals surface area contributed by atoms with Gasteiger partial charge in [0, 0.05) is 24.8 Å². The largest absolute Gasteiger partial charge is 0.409 e. The van der Waals surface area contributed by atoms with Crippen molar-refractivity contribution in [3.05, 3.63) is 24.0 Å². The van der Waals surface area contributed by atoms with Crippen LogP contribution in [0.3, 0.4) is 0 Å². The third-order valence-electron chi connectivity index (χ3n) is 3.54. The van der Waals surface area contributed by atoms with Crippen LogP contribution in [-0.2, 0) is 0 Å². The summed E-state index contributed by atoms with van der Waals surface area (Å²) in [5.41, 5.74) is 7.38. The van der Waals surface area contributed by atoms with Crippen LogP contribution in [0.25, 0.3) is 0 Å². The third-order valence-corrected chi connectivity index (χ3v) is 3.54. The molecule has 1 heterocycles. The highest BCUT2D eigenvalue weighted by Crippen LogP contribution is 2.21. The molecule has 5 nitrogen and oxygen atoms in total. The van der Waals surface area contributed by atoms with Gasteiger partial charge in [0.1, 0.15) is 0 Å². The van der Waals surface area contributed by atoms with Crippen molar-refractivity contribution in [1.29, 1.82) is 0 Å². The lowest BCUT2D eigenvalue weighted by Crippen LogP contribution is -2.31. The van der Waals surface area contributed by atoms with Gasteiger partial charge in [-0.15, -0.1) is 0 Å². The van der Waals surface area contributed by atoms with Crippen molar-refractivity contribution in [2.24, 2.45) is 16.8 Å². The van der Waals surface area contributed by atoms with Crippen LogP contribution < -0.4 is 10.6 Å². The van der Waals surface area contributed by atoms with Gasteiger partial charge in [0.15, 0.2) is 5.84 Å². The maximum Gasteiger partial charge on any atom is 0.172 e. The molecule has 0 aliphatic heterocycles. The van der Waals surface area contributed by atoms with Gasteiger partial charge in [-0.25, -0.2) is 0 Å². The summed E-state index contributed by atoms with van der Waals surface area (Å²) in [6.45, 7) is 8.34. The molecule has 19 heavy (non-hydrogen) atoms. The number of pyridine rings is 1. The van der Waals surface area contributed by atoms with E-state index in [1.54, 1.807) is 18.5 Å². The van der Waals surface area contributed by atoms with Gasteiger partial charge in [0.2, 0.25) is 0 Å². The van der Waals surface area contributed by atoms with Gasteiger partial charge in [-0.3, -0.25) is 4.98 Å². The summed E-state index contributed by atoms with van der Waals surface area (Å²) in [5, 5.41) is 12.0. The van der Waals surface area contributed by atoms with E-state index in [2.05, 4.69) is 35.8 Å². The average molecular weight is 264 g/mol. The van der Waals surface area contributed by atoms with Crippen molar-refractivity contribution >= 4 is 11.5 Å². The molecule has 0 saturated carbocycles. The van der Waals surface area contributed by atoms with Crippen LogP contribution in [0.15, 0.2) is 23.6 Å². The minimum atomic E-state index is 0.125. The number of nitrogens with zero attached hydrogens (tertiary/aromatic N) is 3. The lowest BCUT2D eigenvalue weighted by atomic mass is 10.0. The zero-order valence-electron chi connectivity index (χ0n) is 12.0. The van der Waals surface area contributed by atoms with Crippen molar-refractivity contribution in [2.75, 3.05) is 18.0 Å². The van der Waals surface area contributed by atoms with E-state index in [1.165, 1.54) is 0 Å². The van der Waals surface area contributed by atoms with Crippen LogP contribution >= 0.6 is 0 Å². The summed E-state index contributed by atoms with van der Waals surface area (Å²) in [4.78, 5) is 6.39. The van der Waals surface area contributed by atoms with E-state index in [0.717, 1.165) is 37.2 Å². The highest BCUT2D eigenvalue weighted by molar-refractivity contribution is 6.01. The van der Waals surface area contributed by atoms with Crippen LogP contribution in [0.5, 0.6) is 0 Å². The van der Waals surface area contributed by atoms with Crippen molar-refractivity contribution < 1.29 is 5.21 Å². The lowest BCUT2D eigenvalue weighted by molar-refractivity contribution is 0.318. The Kier molecular flexibility index (Phi) is 6.12. The lowest BCUT2D eigenvalue weighted by Gasteiger charge is -2.28. The Morgan fingerprint density at radius 3 is 2.63 bits per heavy atom. The molecule has 1 rings (SSSR count). The minimum absolute atomic E-state index is 0.125. The topological polar surface area (TPSA) is 74.7 Å². The number of anilines is 1. The number of hydrogen-bond acceptors (Lipinski definition) is 4. The molecule has 0 amide bonds. The van der Waals surface area contributed by atoms with Crippen LogP contribution in [0.2, 0.25) is 0 Å². The van der Waals surface area contributed by atoms with E-state index < -0.39 is 0 Å². The average Bonchev–Trinajstić information content (AvgIpc) is 2.48. The molecule has 0 aromatic carbocycles.